The fourth-order valence-corrected chi connectivity index (χ4v) is 5.92. The predicted molar refractivity (Wildman–Crippen MR) is 112 cm³/mol. The van der Waals surface area contributed by atoms with Crippen molar-refractivity contribution in [3.8, 4) is 11.5 Å². The molecule has 1 atom stereocenters. The van der Waals surface area contributed by atoms with Crippen LogP contribution in [0.3, 0.4) is 0 Å². The van der Waals surface area contributed by atoms with E-state index in [1.807, 2.05) is 24.3 Å². The zero-order valence-corrected chi connectivity index (χ0v) is 17.2. The number of amides is 1. The lowest BCUT2D eigenvalue weighted by atomic mass is 10.00. The summed E-state index contributed by atoms with van der Waals surface area (Å²) >= 11 is 3.15. The van der Waals surface area contributed by atoms with E-state index in [0.29, 0.717) is 11.5 Å². The highest BCUT2D eigenvalue weighted by Gasteiger charge is 2.25. The molecule has 1 saturated heterocycles. The van der Waals surface area contributed by atoms with Crippen molar-refractivity contribution >= 4 is 43.2 Å². The number of methoxy groups -OCH3 is 1. The van der Waals surface area contributed by atoms with Crippen LogP contribution in [-0.4, -0.2) is 37.7 Å². The maximum absolute atomic E-state index is 12.9. The molecule has 6 nitrogen and oxygen atoms in total. The van der Waals surface area contributed by atoms with Gasteiger partial charge in [0.15, 0.2) is 5.13 Å². The Morgan fingerprint density at radius 2 is 2.14 bits per heavy atom. The first-order valence-corrected chi connectivity index (χ1v) is 11.1. The molecule has 2 aliphatic heterocycles. The second-order valence-electron chi connectivity index (χ2n) is 7.04. The average Bonchev–Trinajstić information content (AvgIpc) is 3.43. The van der Waals surface area contributed by atoms with Crippen molar-refractivity contribution in [3.05, 3.63) is 34.7 Å². The molecule has 0 spiro atoms. The number of aromatic nitrogens is 1. The van der Waals surface area contributed by atoms with Gasteiger partial charge in [-0.05, 0) is 37.1 Å². The number of nitrogens with one attached hydrogen (secondary N) is 1. The van der Waals surface area contributed by atoms with Gasteiger partial charge in [0.1, 0.15) is 16.3 Å². The molecule has 0 saturated carbocycles. The molecule has 1 fully saturated rings. The van der Waals surface area contributed by atoms with Crippen LogP contribution in [-0.2, 0) is 0 Å². The minimum absolute atomic E-state index is 0.0569. The van der Waals surface area contributed by atoms with Crippen LogP contribution in [0.5, 0.6) is 11.5 Å². The molecule has 8 heteroatoms. The van der Waals surface area contributed by atoms with E-state index < -0.39 is 0 Å². The maximum atomic E-state index is 12.9. The van der Waals surface area contributed by atoms with Gasteiger partial charge < -0.3 is 19.7 Å². The van der Waals surface area contributed by atoms with E-state index in [4.69, 9.17) is 14.5 Å². The molecule has 4 heterocycles. The van der Waals surface area contributed by atoms with Gasteiger partial charge in [0, 0.05) is 25.1 Å². The summed E-state index contributed by atoms with van der Waals surface area (Å²) in [7, 11) is 1.64. The van der Waals surface area contributed by atoms with Crippen LogP contribution in [0.4, 0.5) is 5.13 Å². The summed E-state index contributed by atoms with van der Waals surface area (Å²) in [5.74, 6) is 1.51. The van der Waals surface area contributed by atoms with Gasteiger partial charge in [-0.1, -0.05) is 11.3 Å². The Bertz CT molecular complexity index is 992. The van der Waals surface area contributed by atoms with E-state index in [2.05, 4.69) is 10.2 Å². The number of fused-ring (bicyclic) bond motifs is 2. The van der Waals surface area contributed by atoms with E-state index in [0.717, 1.165) is 51.2 Å². The summed E-state index contributed by atoms with van der Waals surface area (Å²) < 4.78 is 12.1. The number of hydrogen-bond acceptors (Lipinski definition) is 7. The smallest absolute Gasteiger partial charge is 0.261 e. The topological polar surface area (TPSA) is 63.7 Å². The number of carbonyl (C=O) groups is 1. The number of rotatable bonds is 4. The summed E-state index contributed by atoms with van der Waals surface area (Å²) in [6, 6.07) is 7.60. The standard InChI is InChI=1S/C20H21N3O3S2/c1-25-12-4-5-15-13(10-12)14(6-9-26-15)21-18(24)16-11-17-19(27-16)22-20(28-17)23-7-2-3-8-23/h4-5,10-11,14H,2-3,6-9H2,1H3,(H,21,24)/t14-/m0/s1. The number of carbonyl (C=O) groups excluding carboxylic acids is 1. The van der Waals surface area contributed by atoms with Crippen molar-refractivity contribution in [1.82, 2.24) is 10.3 Å². The highest BCUT2D eigenvalue weighted by Crippen LogP contribution is 2.37. The molecule has 5 rings (SSSR count). The van der Waals surface area contributed by atoms with Crippen LogP contribution in [0.1, 0.15) is 40.5 Å². The number of thiazole rings is 1. The van der Waals surface area contributed by atoms with E-state index in [9.17, 15) is 4.79 Å². The molecule has 0 bridgehead atoms. The van der Waals surface area contributed by atoms with Crippen LogP contribution in [0.2, 0.25) is 0 Å². The Morgan fingerprint density at radius 3 is 2.93 bits per heavy atom. The van der Waals surface area contributed by atoms with Crippen LogP contribution in [0, 0.1) is 0 Å². The Balaban J connectivity index is 1.35. The molecule has 0 radical (unpaired) electrons. The van der Waals surface area contributed by atoms with Gasteiger partial charge in [-0.2, -0.15) is 0 Å². The lowest BCUT2D eigenvalue weighted by Gasteiger charge is -2.27. The molecule has 1 aromatic carbocycles. The lowest BCUT2D eigenvalue weighted by Crippen LogP contribution is -2.31. The number of hydrogen-bond donors (Lipinski definition) is 1. The molecule has 146 valence electrons. The van der Waals surface area contributed by atoms with E-state index in [-0.39, 0.29) is 11.9 Å². The third-order valence-corrected chi connectivity index (χ3v) is 7.46. The van der Waals surface area contributed by atoms with Crippen LogP contribution < -0.4 is 19.7 Å². The molecule has 2 aliphatic rings. The number of nitrogens with zero attached hydrogens (tertiary/aromatic N) is 2. The van der Waals surface area contributed by atoms with Gasteiger partial charge >= 0.3 is 0 Å². The van der Waals surface area contributed by atoms with Crippen molar-refractivity contribution in [2.24, 2.45) is 0 Å². The zero-order valence-electron chi connectivity index (χ0n) is 15.6. The number of benzene rings is 1. The average molecular weight is 416 g/mol. The fourth-order valence-electron chi connectivity index (χ4n) is 3.76. The van der Waals surface area contributed by atoms with Gasteiger partial charge in [0.2, 0.25) is 0 Å². The van der Waals surface area contributed by atoms with Crippen molar-refractivity contribution < 1.29 is 14.3 Å². The van der Waals surface area contributed by atoms with Crippen LogP contribution in [0.15, 0.2) is 24.3 Å². The van der Waals surface area contributed by atoms with Gasteiger partial charge in [0.05, 0.1) is 29.3 Å². The highest BCUT2D eigenvalue weighted by atomic mass is 32.1. The number of thiophene rings is 1. The summed E-state index contributed by atoms with van der Waals surface area (Å²) in [4.78, 5) is 21.6. The van der Waals surface area contributed by atoms with E-state index in [1.54, 1.807) is 18.4 Å². The second-order valence-corrected chi connectivity index (χ2v) is 9.08. The molecule has 28 heavy (non-hydrogen) atoms. The molecule has 3 aromatic rings. The first-order chi connectivity index (χ1) is 13.7. The predicted octanol–water partition coefficient (Wildman–Crippen LogP) is 4.22. The molecule has 0 aliphatic carbocycles. The second kappa shape index (κ2) is 7.25. The quantitative estimate of drug-likeness (QED) is 0.691. The van der Waals surface area contributed by atoms with E-state index >= 15 is 0 Å². The minimum Gasteiger partial charge on any atom is -0.497 e. The Kier molecular flexibility index (Phi) is 4.60. The van der Waals surface area contributed by atoms with Crippen molar-refractivity contribution in [2.75, 3.05) is 31.7 Å². The fraction of sp³-hybridized carbons (Fsp3) is 0.400. The summed E-state index contributed by atoms with van der Waals surface area (Å²) in [6.45, 7) is 2.76. The van der Waals surface area contributed by atoms with Crippen LogP contribution in [0.25, 0.3) is 9.53 Å². The number of ether oxygens (including phenoxy) is 2. The molecule has 1 amide bonds. The summed E-state index contributed by atoms with van der Waals surface area (Å²) in [6.07, 6.45) is 3.21. The lowest BCUT2D eigenvalue weighted by molar-refractivity contribution is 0.0929. The maximum Gasteiger partial charge on any atom is 0.261 e. The first-order valence-electron chi connectivity index (χ1n) is 9.48. The Hall–Kier alpha value is -2.32. The number of anilines is 1. The SMILES string of the molecule is COc1ccc2c(c1)[C@@H](NC(=O)c1cc3sc(N4CCCC4)nc3s1)CCO2. The Labute approximate surface area is 171 Å². The Morgan fingerprint density at radius 1 is 1.29 bits per heavy atom. The molecular weight excluding hydrogens is 394 g/mol. The zero-order chi connectivity index (χ0) is 19.1. The third kappa shape index (κ3) is 3.20. The highest BCUT2D eigenvalue weighted by molar-refractivity contribution is 7.29. The monoisotopic (exact) mass is 415 g/mol. The molecule has 1 N–H and O–H groups in total. The molecule has 2 aromatic heterocycles. The van der Waals surface area contributed by atoms with Gasteiger partial charge in [-0.3, -0.25) is 4.79 Å². The summed E-state index contributed by atoms with van der Waals surface area (Å²) in [5.41, 5.74) is 0.965. The van der Waals surface area contributed by atoms with Gasteiger partial charge in [0.25, 0.3) is 5.91 Å². The summed E-state index contributed by atoms with van der Waals surface area (Å²) in [5, 5.41) is 4.25. The van der Waals surface area contributed by atoms with E-state index in [1.165, 1.54) is 24.2 Å². The van der Waals surface area contributed by atoms with Gasteiger partial charge in [-0.25, -0.2) is 4.98 Å². The molecular formula is C20H21N3O3S2. The van der Waals surface area contributed by atoms with Gasteiger partial charge in [-0.15, -0.1) is 11.3 Å². The normalized spacial score (nSPS) is 18.8. The van der Waals surface area contributed by atoms with Crippen molar-refractivity contribution in [1.29, 1.82) is 0 Å². The van der Waals surface area contributed by atoms with Crippen molar-refractivity contribution in [3.63, 3.8) is 0 Å². The molecule has 0 unspecified atom stereocenters. The first kappa shape index (κ1) is 17.8. The minimum atomic E-state index is -0.0837. The van der Waals surface area contributed by atoms with Crippen LogP contribution >= 0.6 is 22.7 Å². The third-order valence-electron chi connectivity index (χ3n) is 5.24. The largest absolute Gasteiger partial charge is 0.497 e. The van der Waals surface area contributed by atoms with Crippen molar-refractivity contribution in [2.45, 2.75) is 25.3 Å².